The molecular formula is C32H42N2O5. The Bertz CT molecular complexity index is 1040. The first-order valence-corrected chi connectivity index (χ1v) is 13.5. The lowest BCUT2D eigenvalue weighted by Gasteiger charge is -2.24. The smallest absolute Gasteiger partial charge is 0.309 e. The van der Waals surface area contributed by atoms with Crippen molar-refractivity contribution in [2.24, 2.45) is 11.8 Å². The zero-order chi connectivity index (χ0) is 28.5. The van der Waals surface area contributed by atoms with Gasteiger partial charge in [0, 0.05) is 12.5 Å². The van der Waals surface area contributed by atoms with Gasteiger partial charge in [-0.3, -0.25) is 14.4 Å². The van der Waals surface area contributed by atoms with Gasteiger partial charge < -0.3 is 20.5 Å². The van der Waals surface area contributed by atoms with Gasteiger partial charge in [-0.1, -0.05) is 72.8 Å². The molecule has 2 aromatic carbocycles. The van der Waals surface area contributed by atoms with Crippen LogP contribution in [-0.2, 0) is 32.0 Å². The maximum absolute atomic E-state index is 13.2. The Labute approximate surface area is 232 Å². The van der Waals surface area contributed by atoms with E-state index in [1.165, 1.54) is 0 Å². The van der Waals surface area contributed by atoms with Crippen molar-refractivity contribution in [3.8, 4) is 0 Å². The van der Waals surface area contributed by atoms with Gasteiger partial charge >= 0.3 is 5.97 Å². The molecule has 7 heteroatoms. The number of aliphatic hydroxyl groups is 1. The quantitative estimate of drug-likeness (QED) is 0.197. The Kier molecular flexibility index (Phi) is 14.3. The first kappa shape index (κ1) is 31.5. The van der Waals surface area contributed by atoms with E-state index in [0.717, 1.165) is 11.1 Å². The topological polar surface area (TPSA) is 105 Å². The van der Waals surface area contributed by atoms with Crippen LogP contribution in [0, 0.1) is 11.8 Å². The van der Waals surface area contributed by atoms with E-state index >= 15 is 0 Å². The van der Waals surface area contributed by atoms with Crippen molar-refractivity contribution in [1.29, 1.82) is 0 Å². The fourth-order valence-electron chi connectivity index (χ4n) is 4.28. The third kappa shape index (κ3) is 12.1. The molecule has 210 valence electrons. The van der Waals surface area contributed by atoms with Crippen molar-refractivity contribution in [3.05, 3.63) is 97.1 Å². The standard InChI is InChI=1S/C32H42N2O5/c1-4-6-18-28(19-25-14-9-7-10-15-25)32(38)39-23-29(20-26-16-11-8-12-17-26)34-31(37)27(13-5-2)21-30(36)33-24(3)22-35/h4-5,7-12,14-17,24,27-29,35H,1-2,6,13,18-23H2,3H3,(H,33,36)(H,34,37)/t24-,27-,28-,29-/m1/s1. The number of hydrogen-bond acceptors (Lipinski definition) is 5. The number of carbonyl (C=O) groups is 3. The van der Waals surface area contributed by atoms with Crippen LogP contribution in [0.2, 0.25) is 0 Å². The van der Waals surface area contributed by atoms with Crippen LogP contribution < -0.4 is 10.6 Å². The van der Waals surface area contributed by atoms with Crippen LogP contribution in [0.15, 0.2) is 86.0 Å². The molecule has 2 aromatic rings. The summed E-state index contributed by atoms with van der Waals surface area (Å²) in [5.74, 6) is -1.92. The Balaban J connectivity index is 2.11. The van der Waals surface area contributed by atoms with E-state index in [4.69, 9.17) is 4.74 Å². The number of aliphatic hydroxyl groups excluding tert-OH is 1. The summed E-state index contributed by atoms with van der Waals surface area (Å²) in [7, 11) is 0. The fourth-order valence-corrected chi connectivity index (χ4v) is 4.28. The van der Waals surface area contributed by atoms with Crippen LogP contribution in [0.1, 0.15) is 43.7 Å². The number of allylic oxidation sites excluding steroid dienone is 2. The summed E-state index contributed by atoms with van der Waals surface area (Å²) in [6.07, 6.45) is 6.00. The molecule has 3 N–H and O–H groups in total. The van der Waals surface area contributed by atoms with Gasteiger partial charge in [-0.15, -0.1) is 13.2 Å². The van der Waals surface area contributed by atoms with Crippen LogP contribution in [0.5, 0.6) is 0 Å². The van der Waals surface area contributed by atoms with Crippen LogP contribution in [0.3, 0.4) is 0 Å². The highest BCUT2D eigenvalue weighted by Gasteiger charge is 2.26. The molecule has 0 bridgehead atoms. The van der Waals surface area contributed by atoms with E-state index in [1.54, 1.807) is 19.1 Å². The van der Waals surface area contributed by atoms with Gasteiger partial charge in [0.05, 0.1) is 24.5 Å². The zero-order valence-corrected chi connectivity index (χ0v) is 22.9. The van der Waals surface area contributed by atoms with Gasteiger partial charge in [-0.2, -0.15) is 0 Å². The molecule has 0 aliphatic heterocycles. The summed E-state index contributed by atoms with van der Waals surface area (Å²) in [5, 5.41) is 14.9. The number of benzene rings is 2. The lowest BCUT2D eigenvalue weighted by atomic mass is 9.95. The predicted molar refractivity (Wildman–Crippen MR) is 154 cm³/mol. The lowest BCUT2D eigenvalue weighted by molar-refractivity contribution is -0.150. The third-order valence-electron chi connectivity index (χ3n) is 6.41. The lowest BCUT2D eigenvalue weighted by Crippen LogP contribution is -2.45. The van der Waals surface area contributed by atoms with Crippen molar-refractivity contribution in [1.82, 2.24) is 10.6 Å². The molecule has 0 heterocycles. The van der Waals surface area contributed by atoms with Gasteiger partial charge in [0.1, 0.15) is 6.61 Å². The number of amides is 2. The van der Waals surface area contributed by atoms with Crippen molar-refractivity contribution in [3.63, 3.8) is 0 Å². The summed E-state index contributed by atoms with van der Waals surface area (Å²) >= 11 is 0. The number of hydrogen-bond donors (Lipinski definition) is 3. The first-order valence-electron chi connectivity index (χ1n) is 13.5. The number of carbonyl (C=O) groups excluding carboxylic acids is 3. The van der Waals surface area contributed by atoms with Gasteiger partial charge in [0.2, 0.25) is 11.8 Å². The molecular weight excluding hydrogens is 492 g/mol. The van der Waals surface area contributed by atoms with E-state index < -0.39 is 18.0 Å². The second kappa shape index (κ2) is 17.7. The Morgan fingerprint density at radius 3 is 2.08 bits per heavy atom. The monoisotopic (exact) mass is 534 g/mol. The molecule has 2 amide bonds. The second-order valence-electron chi connectivity index (χ2n) is 9.85. The molecule has 0 unspecified atom stereocenters. The van der Waals surface area contributed by atoms with E-state index in [1.807, 2.05) is 60.7 Å². The first-order chi connectivity index (χ1) is 18.9. The summed E-state index contributed by atoms with van der Waals surface area (Å²) in [5.41, 5.74) is 2.04. The minimum Gasteiger partial charge on any atom is -0.463 e. The van der Waals surface area contributed by atoms with E-state index in [-0.39, 0.29) is 43.3 Å². The second-order valence-corrected chi connectivity index (χ2v) is 9.85. The summed E-state index contributed by atoms with van der Waals surface area (Å²) < 4.78 is 5.78. The van der Waals surface area contributed by atoms with Crippen molar-refractivity contribution < 1.29 is 24.2 Å². The molecule has 0 saturated carbocycles. The third-order valence-corrected chi connectivity index (χ3v) is 6.41. The maximum atomic E-state index is 13.2. The molecule has 2 rings (SSSR count). The predicted octanol–water partition coefficient (Wildman–Crippen LogP) is 4.16. The Morgan fingerprint density at radius 2 is 1.51 bits per heavy atom. The molecule has 0 radical (unpaired) electrons. The van der Waals surface area contributed by atoms with Crippen LogP contribution >= 0.6 is 0 Å². The molecule has 4 atom stereocenters. The number of rotatable bonds is 18. The molecule has 39 heavy (non-hydrogen) atoms. The minimum absolute atomic E-state index is 0.00734. The Morgan fingerprint density at radius 1 is 0.897 bits per heavy atom. The molecule has 0 spiro atoms. The van der Waals surface area contributed by atoms with Crippen molar-refractivity contribution >= 4 is 17.8 Å². The SMILES string of the molecule is C=CCC[C@H](Cc1ccccc1)C(=O)OC[C@@H](Cc1ccccc1)NC(=O)[C@H](CC=C)CC(=O)N[C@H](C)CO. The van der Waals surface area contributed by atoms with Crippen molar-refractivity contribution in [2.75, 3.05) is 13.2 Å². The summed E-state index contributed by atoms with van der Waals surface area (Å²) in [6.45, 7) is 9.01. The fraction of sp³-hybridized carbons (Fsp3) is 0.406. The molecule has 7 nitrogen and oxygen atoms in total. The maximum Gasteiger partial charge on any atom is 0.309 e. The highest BCUT2D eigenvalue weighted by molar-refractivity contribution is 5.86. The average molecular weight is 535 g/mol. The number of ether oxygens (including phenoxy) is 1. The highest BCUT2D eigenvalue weighted by Crippen LogP contribution is 2.18. The molecule has 0 fully saturated rings. The largest absolute Gasteiger partial charge is 0.463 e. The average Bonchev–Trinajstić information content (AvgIpc) is 2.94. The molecule has 0 aliphatic rings. The van der Waals surface area contributed by atoms with Gasteiger partial charge in [0.25, 0.3) is 0 Å². The van der Waals surface area contributed by atoms with Crippen molar-refractivity contribution in [2.45, 2.75) is 57.5 Å². The number of nitrogens with one attached hydrogen (secondary N) is 2. The van der Waals surface area contributed by atoms with Crippen LogP contribution in [0.25, 0.3) is 0 Å². The minimum atomic E-state index is -0.638. The highest BCUT2D eigenvalue weighted by atomic mass is 16.5. The van der Waals surface area contributed by atoms with E-state index in [2.05, 4.69) is 23.8 Å². The summed E-state index contributed by atoms with van der Waals surface area (Å²) in [4.78, 5) is 38.8. The molecule has 0 saturated heterocycles. The van der Waals surface area contributed by atoms with E-state index in [9.17, 15) is 19.5 Å². The van der Waals surface area contributed by atoms with E-state index in [0.29, 0.717) is 32.1 Å². The van der Waals surface area contributed by atoms with Crippen LogP contribution in [0.4, 0.5) is 0 Å². The molecule has 0 aliphatic carbocycles. The van der Waals surface area contributed by atoms with Gasteiger partial charge in [-0.05, 0) is 50.2 Å². The molecule has 0 aromatic heterocycles. The number of esters is 1. The van der Waals surface area contributed by atoms with Crippen LogP contribution in [-0.4, -0.2) is 48.2 Å². The van der Waals surface area contributed by atoms with Gasteiger partial charge in [0.15, 0.2) is 0 Å². The van der Waals surface area contributed by atoms with Gasteiger partial charge in [-0.25, -0.2) is 0 Å². The summed E-state index contributed by atoms with van der Waals surface area (Å²) in [6, 6.07) is 18.6. The Hall–Kier alpha value is -3.71. The zero-order valence-electron chi connectivity index (χ0n) is 22.9. The normalized spacial score (nSPS) is 13.8.